The Morgan fingerprint density at radius 2 is 2.22 bits per heavy atom. The van der Waals surface area contributed by atoms with Gasteiger partial charge in [-0.05, 0) is 24.5 Å². The number of anilines is 1. The van der Waals surface area contributed by atoms with Crippen molar-refractivity contribution in [1.82, 2.24) is 9.78 Å². The van der Waals surface area contributed by atoms with Crippen LogP contribution in [-0.2, 0) is 4.79 Å². The van der Waals surface area contributed by atoms with Gasteiger partial charge in [0.15, 0.2) is 0 Å². The van der Waals surface area contributed by atoms with Gasteiger partial charge >= 0.3 is 0 Å². The number of amides is 1. The van der Waals surface area contributed by atoms with Crippen LogP contribution in [-0.4, -0.2) is 28.0 Å². The first-order chi connectivity index (χ1) is 8.54. The summed E-state index contributed by atoms with van der Waals surface area (Å²) in [5.41, 5.74) is 0. The van der Waals surface area contributed by atoms with E-state index in [1.807, 2.05) is 15.6 Å². The van der Waals surface area contributed by atoms with Crippen LogP contribution in [0.15, 0.2) is 12.3 Å². The highest BCUT2D eigenvalue weighted by molar-refractivity contribution is 7.80. The van der Waals surface area contributed by atoms with Gasteiger partial charge in [-0.3, -0.25) is 9.69 Å². The summed E-state index contributed by atoms with van der Waals surface area (Å²) in [6.07, 6.45) is 2.38. The van der Waals surface area contributed by atoms with E-state index in [1.165, 1.54) is 0 Å². The molecule has 0 saturated carbocycles. The highest BCUT2D eigenvalue weighted by Crippen LogP contribution is 2.29. The largest absolute Gasteiger partial charge is 0.297 e. The maximum absolute atomic E-state index is 12.0. The molecule has 1 amide bonds. The third kappa shape index (κ3) is 2.41. The van der Waals surface area contributed by atoms with Crippen molar-refractivity contribution in [3.05, 3.63) is 12.3 Å². The molecule has 0 N–H and O–H groups in total. The molecule has 1 aliphatic heterocycles. The van der Waals surface area contributed by atoms with Gasteiger partial charge in [0.1, 0.15) is 5.82 Å². The summed E-state index contributed by atoms with van der Waals surface area (Å²) in [5, 5.41) is 4.37. The smallest absolute Gasteiger partial charge is 0.228 e. The van der Waals surface area contributed by atoms with Crippen LogP contribution in [0.5, 0.6) is 0 Å². The van der Waals surface area contributed by atoms with Gasteiger partial charge < -0.3 is 0 Å². The zero-order valence-electron chi connectivity index (χ0n) is 11.2. The van der Waals surface area contributed by atoms with Gasteiger partial charge in [-0.1, -0.05) is 13.8 Å². The van der Waals surface area contributed by atoms with Crippen LogP contribution in [0.25, 0.3) is 0 Å². The lowest BCUT2D eigenvalue weighted by molar-refractivity contribution is -0.117. The van der Waals surface area contributed by atoms with E-state index in [0.717, 1.165) is 18.1 Å². The molecule has 1 fully saturated rings. The molecule has 0 radical (unpaired) electrons. The van der Waals surface area contributed by atoms with E-state index in [4.69, 9.17) is 0 Å². The Balaban J connectivity index is 2.24. The number of carbonyl (C=O) groups is 1. The van der Waals surface area contributed by atoms with E-state index >= 15 is 0 Å². The first-order valence-electron chi connectivity index (χ1n) is 6.49. The van der Waals surface area contributed by atoms with E-state index < -0.39 is 0 Å². The van der Waals surface area contributed by atoms with E-state index in [2.05, 4.69) is 38.5 Å². The minimum absolute atomic E-state index is 0.187. The zero-order chi connectivity index (χ0) is 13.3. The maximum Gasteiger partial charge on any atom is 0.228 e. The molecule has 0 aromatic carbocycles. The summed E-state index contributed by atoms with van der Waals surface area (Å²) in [5.74, 6) is 2.72. The third-order valence-corrected chi connectivity index (χ3v) is 4.26. The zero-order valence-corrected chi connectivity index (χ0v) is 12.1. The highest BCUT2D eigenvalue weighted by atomic mass is 32.1. The summed E-state index contributed by atoms with van der Waals surface area (Å²) in [4.78, 5) is 13.9. The minimum atomic E-state index is 0.187. The van der Waals surface area contributed by atoms with Crippen molar-refractivity contribution >= 4 is 24.4 Å². The fourth-order valence-electron chi connectivity index (χ4n) is 2.24. The molecule has 100 valence electrons. The molecule has 2 unspecified atom stereocenters. The second-order valence-corrected chi connectivity index (χ2v) is 5.74. The number of rotatable bonds is 4. The van der Waals surface area contributed by atoms with Crippen molar-refractivity contribution in [2.75, 3.05) is 17.2 Å². The van der Waals surface area contributed by atoms with Crippen LogP contribution in [0.1, 0.15) is 33.2 Å². The van der Waals surface area contributed by atoms with Crippen molar-refractivity contribution < 1.29 is 4.79 Å². The lowest BCUT2D eigenvalue weighted by atomic mass is 10.1. The average molecular weight is 267 g/mol. The predicted octanol–water partition coefficient (Wildman–Crippen LogP) is 2.38. The summed E-state index contributed by atoms with van der Waals surface area (Å²) in [6.45, 7) is 7.23. The number of carbonyl (C=O) groups excluding carboxylic acids is 1. The number of hydrogen-bond acceptors (Lipinski definition) is 3. The number of hydrogen-bond donors (Lipinski definition) is 1. The van der Waals surface area contributed by atoms with Gasteiger partial charge in [0.25, 0.3) is 0 Å². The molecule has 0 bridgehead atoms. The third-order valence-electron chi connectivity index (χ3n) is 3.74. The van der Waals surface area contributed by atoms with E-state index in [0.29, 0.717) is 18.3 Å². The molecule has 1 aromatic rings. The van der Waals surface area contributed by atoms with E-state index in [1.54, 1.807) is 6.20 Å². The highest BCUT2D eigenvalue weighted by Gasteiger charge is 2.32. The average Bonchev–Trinajstić information content (AvgIpc) is 2.93. The molecule has 4 nitrogen and oxygen atoms in total. The molecule has 1 saturated heterocycles. The van der Waals surface area contributed by atoms with Crippen LogP contribution < -0.4 is 4.90 Å². The molecule has 0 spiro atoms. The normalized spacial score (nSPS) is 21.9. The van der Waals surface area contributed by atoms with Crippen LogP contribution in [0, 0.1) is 11.8 Å². The number of thiol groups is 1. The standard InChI is InChI=1S/C13H21N3OS/c1-9(2)10(3)16-12(4-5-14-16)15-7-11(8-18)6-13(15)17/h4-5,9-11,18H,6-8H2,1-3H3. The topological polar surface area (TPSA) is 38.1 Å². The SMILES string of the molecule is CC(C)C(C)n1nccc1N1CC(CS)CC1=O. The Bertz CT molecular complexity index is 430. The second kappa shape index (κ2) is 5.34. The van der Waals surface area contributed by atoms with Crippen LogP contribution >= 0.6 is 12.6 Å². The monoisotopic (exact) mass is 267 g/mol. The van der Waals surface area contributed by atoms with Gasteiger partial charge in [-0.15, -0.1) is 0 Å². The van der Waals surface area contributed by atoms with Crippen LogP contribution in [0.4, 0.5) is 5.82 Å². The lowest BCUT2D eigenvalue weighted by Gasteiger charge is -2.23. The molecule has 1 aromatic heterocycles. The molecular formula is C13H21N3OS. The van der Waals surface area contributed by atoms with Crippen molar-refractivity contribution in [1.29, 1.82) is 0 Å². The van der Waals surface area contributed by atoms with Crippen LogP contribution in [0.2, 0.25) is 0 Å². The Labute approximate surface area is 114 Å². The molecule has 2 heterocycles. The van der Waals surface area contributed by atoms with Gasteiger partial charge in [-0.25, -0.2) is 4.68 Å². The Hall–Kier alpha value is -0.970. The van der Waals surface area contributed by atoms with Gasteiger partial charge in [0, 0.05) is 19.0 Å². The van der Waals surface area contributed by atoms with Crippen molar-refractivity contribution in [3.63, 3.8) is 0 Å². The van der Waals surface area contributed by atoms with Gasteiger partial charge in [0.05, 0.1) is 12.2 Å². The Morgan fingerprint density at radius 1 is 1.50 bits per heavy atom. The number of nitrogens with zero attached hydrogens (tertiary/aromatic N) is 3. The molecule has 2 atom stereocenters. The summed E-state index contributed by atoms with van der Waals surface area (Å²) >= 11 is 4.29. The fraction of sp³-hybridized carbons (Fsp3) is 0.692. The van der Waals surface area contributed by atoms with E-state index in [-0.39, 0.29) is 11.9 Å². The van der Waals surface area contributed by atoms with Gasteiger partial charge in [-0.2, -0.15) is 17.7 Å². The van der Waals surface area contributed by atoms with Crippen molar-refractivity contribution in [2.24, 2.45) is 11.8 Å². The van der Waals surface area contributed by atoms with E-state index in [9.17, 15) is 4.79 Å². The first-order valence-corrected chi connectivity index (χ1v) is 7.12. The molecular weight excluding hydrogens is 246 g/mol. The predicted molar refractivity (Wildman–Crippen MR) is 76.1 cm³/mol. The molecule has 1 aliphatic rings. The fourth-order valence-corrected chi connectivity index (χ4v) is 2.49. The summed E-state index contributed by atoms with van der Waals surface area (Å²) in [6, 6.07) is 2.22. The summed E-state index contributed by atoms with van der Waals surface area (Å²) < 4.78 is 1.96. The van der Waals surface area contributed by atoms with Crippen molar-refractivity contribution in [3.8, 4) is 0 Å². The number of aromatic nitrogens is 2. The Kier molecular flexibility index (Phi) is 4.00. The molecule has 18 heavy (non-hydrogen) atoms. The van der Waals surface area contributed by atoms with Crippen molar-refractivity contribution in [2.45, 2.75) is 33.2 Å². The molecule has 0 aliphatic carbocycles. The maximum atomic E-state index is 12.0. The quantitative estimate of drug-likeness (QED) is 0.851. The van der Waals surface area contributed by atoms with Gasteiger partial charge in [0.2, 0.25) is 5.91 Å². The van der Waals surface area contributed by atoms with Crippen LogP contribution in [0.3, 0.4) is 0 Å². The Morgan fingerprint density at radius 3 is 2.78 bits per heavy atom. The lowest BCUT2D eigenvalue weighted by Crippen LogP contribution is -2.29. The second-order valence-electron chi connectivity index (χ2n) is 5.38. The molecule has 2 rings (SSSR count). The minimum Gasteiger partial charge on any atom is -0.297 e. The summed E-state index contributed by atoms with van der Waals surface area (Å²) in [7, 11) is 0. The molecule has 5 heteroatoms. The first kappa shape index (κ1) is 13.5.